The quantitative estimate of drug-likeness (QED) is 0.373. The van der Waals surface area contributed by atoms with Gasteiger partial charge in [-0.1, -0.05) is 23.2 Å². The van der Waals surface area contributed by atoms with E-state index in [9.17, 15) is 0 Å². The molecule has 0 atom stereocenters. The number of nitrogens with one attached hydrogen (secondary N) is 1. The van der Waals surface area contributed by atoms with Crippen molar-refractivity contribution in [1.82, 2.24) is 9.97 Å². The minimum absolute atomic E-state index is 0.369. The zero-order chi connectivity index (χ0) is 22.8. The molecular formula is C23H20Cl2N4O3. The van der Waals surface area contributed by atoms with E-state index in [2.05, 4.69) is 20.5 Å². The highest BCUT2D eigenvalue weighted by atomic mass is 35.5. The van der Waals surface area contributed by atoms with Gasteiger partial charge in [-0.2, -0.15) is 5.10 Å². The largest absolute Gasteiger partial charge is 0.493 e. The third-order valence-corrected chi connectivity index (χ3v) is 5.19. The first-order valence-electron chi connectivity index (χ1n) is 9.65. The topological polar surface area (TPSA) is 81.8 Å². The molecule has 0 aliphatic heterocycles. The Kier molecular flexibility index (Phi) is 6.21. The summed E-state index contributed by atoms with van der Waals surface area (Å²) in [6, 6.07) is 12.5. The van der Waals surface area contributed by atoms with E-state index in [0.717, 1.165) is 17.0 Å². The Balaban J connectivity index is 1.91. The van der Waals surface area contributed by atoms with E-state index in [1.54, 1.807) is 38.5 Å². The van der Waals surface area contributed by atoms with Crippen molar-refractivity contribution in [2.75, 3.05) is 19.6 Å². The van der Waals surface area contributed by atoms with Crippen LogP contribution in [0.3, 0.4) is 0 Å². The highest BCUT2D eigenvalue weighted by molar-refractivity contribution is 6.38. The van der Waals surface area contributed by atoms with Gasteiger partial charge in [-0.25, -0.2) is 15.4 Å². The molecule has 2 aromatic carbocycles. The molecule has 0 amide bonds. The molecule has 0 unspecified atom stereocenters. The molecule has 32 heavy (non-hydrogen) atoms. The van der Waals surface area contributed by atoms with E-state index >= 15 is 0 Å². The Bertz CT molecular complexity index is 1370. The molecule has 9 heteroatoms. The van der Waals surface area contributed by atoms with Crippen molar-refractivity contribution in [1.29, 1.82) is 0 Å². The number of hydrogen-bond acceptors (Lipinski definition) is 7. The van der Waals surface area contributed by atoms with Gasteiger partial charge in [-0.3, -0.25) is 0 Å². The summed E-state index contributed by atoms with van der Waals surface area (Å²) in [4.78, 5) is 8.73. The fourth-order valence-corrected chi connectivity index (χ4v) is 3.84. The van der Waals surface area contributed by atoms with Crippen LogP contribution in [0, 0.1) is 13.8 Å². The molecule has 0 aliphatic carbocycles. The van der Waals surface area contributed by atoms with Gasteiger partial charge in [-0.05, 0) is 50.2 Å². The van der Waals surface area contributed by atoms with Gasteiger partial charge in [0.05, 0.1) is 24.6 Å². The van der Waals surface area contributed by atoms with Crippen LogP contribution in [0.4, 0.5) is 5.95 Å². The number of aryl methyl sites for hydroxylation is 2. The molecule has 0 aliphatic rings. The number of benzene rings is 2. The van der Waals surface area contributed by atoms with Crippen molar-refractivity contribution in [3.63, 3.8) is 0 Å². The number of methoxy groups -OCH3 is 2. The van der Waals surface area contributed by atoms with Crippen molar-refractivity contribution < 1.29 is 13.9 Å². The fraction of sp³-hybridized carbons (Fsp3) is 0.174. The predicted molar refractivity (Wildman–Crippen MR) is 125 cm³/mol. The first-order valence-corrected chi connectivity index (χ1v) is 10.4. The maximum Gasteiger partial charge on any atom is 0.243 e. The maximum atomic E-state index is 6.45. The summed E-state index contributed by atoms with van der Waals surface area (Å²) in [6.07, 6.45) is 0. The van der Waals surface area contributed by atoms with Gasteiger partial charge in [0.15, 0.2) is 17.1 Å². The summed E-state index contributed by atoms with van der Waals surface area (Å²) in [5, 5.41) is 6.56. The lowest BCUT2D eigenvalue weighted by Crippen LogP contribution is -2.09. The lowest BCUT2D eigenvalue weighted by atomic mass is 10.1. The van der Waals surface area contributed by atoms with E-state index in [4.69, 9.17) is 37.1 Å². The second kappa shape index (κ2) is 9.06. The molecule has 4 rings (SSSR count). The molecule has 0 fully saturated rings. The average molecular weight is 471 g/mol. The first kappa shape index (κ1) is 21.9. The molecule has 4 aromatic rings. The van der Waals surface area contributed by atoms with Crippen LogP contribution in [-0.4, -0.2) is 24.2 Å². The minimum Gasteiger partial charge on any atom is -0.493 e. The van der Waals surface area contributed by atoms with Crippen LogP contribution >= 0.6 is 23.2 Å². The second-order valence-corrected chi connectivity index (χ2v) is 7.87. The Hall–Kier alpha value is -3.29. The van der Waals surface area contributed by atoms with Gasteiger partial charge in [0.1, 0.15) is 5.76 Å². The van der Waals surface area contributed by atoms with Gasteiger partial charge >= 0.3 is 0 Å². The Morgan fingerprint density at radius 2 is 1.62 bits per heavy atom. The molecule has 0 saturated heterocycles. The van der Waals surface area contributed by atoms with Crippen molar-refractivity contribution in [2.24, 2.45) is 5.10 Å². The lowest BCUT2D eigenvalue weighted by molar-refractivity contribution is 0.355. The zero-order valence-electron chi connectivity index (χ0n) is 17.9. The van der Waals surface area contributed by atoms with Crippen LogP contribution in [0.1, 0.15) is 11.4 Å². The number of hydrogen-bond donors (Lipinski definition) is 1. The Morgan fingerprint density at radius 3 is 2.31 bits per heavy atom. The van der Waals surface area contributed by atoms with Gasteiger partial charge < -0.3 is 13.9 Å². The molecule has 0 spiro atoms. The number of ether oxygens (including phenoxy) is 2. The fourth-order valence-electron chi connectivity index (χ4n) is 3.31. The summed E-state index contributed by atoms with van der Waals surface area (Å²) >= 11 is 12.7. The van der Waals surface area contributed by atoms with Crippen LogP contribution < -0.4 is 20.3 Å². The monoisotopic (exact) mass is 470 g/mol. The third-order valence-electron chi connectivity index (χ3n) is 4.69. The second-order valence-electron chi connectivity index (χ2n) is 7.03. The summed E-state index contributed by atoms with van der Waals surface area (Å²) in [5.41, 5.74) is 5.80. The molecule has 164 valence electrons. The molecule has 1 N–H and O–H groups in total. The van der Waals surface area contributed by atoms with Crippen molar-refractivity contribution in [3.05, 3.63) is 69.3 Å². The Morgan fingerprint density at radius 1 is 0.906 bits per heavy atom. The predicted octanol–water partition coefficient (Wildman–Crippen LogP) is 5.76. The molecule has 0 radical (unpaired) electrons. The summed E-state index contributed by atoms with van der Waals surface area (Å²) < 4.78 is 16.9. The van der Waals surface area contributed by atoms with Gasteiger partial charge in [-0.15, -0.1) is 0 Å². The molecule has 7 nitrogen and oxygen atoms in total. The zero-order valence-corrected chi connectivity index (χ0v) is 19.4. The van der Waals surface area contributed by atoms with Gasteiger partial charge in [0.25, 0.3) is 0 Å². The Labute approximate surface area is 194 Å². The minimum atomic E-state index is 0.369. The molecule has 2 heterocycles. The van der Waals surface area contributed by atoms with Gasteiger partial charge in [0, 0.05) is 33.4 Å². The van der Waals surface area contributed by atoms with E-state index in [1.165, 1.54) is 0 Å². The van der Waals surface area contributed by atoms with E-state index in [1.807, 2.05) is 32.0 Å². The number of rotatable bonds is 5. The average Bonchev–Trinajstić information content (AvgIpc) is 2.76. The smallest absolute Gasteiger partial charge is 0.243 e. The highest BCUT2D eigenvalue weighted by Gasteiger charge is 2.13. The number of anilines is 1. The lowest BCUT2D eigenvalue weighted by Gasteiger charge is -2.11. The normalized spacial score (nSPS) is 11.6. The third kappa shape index (κ3) is 4.49. The molecule has 2 aromatic heterocycles. The standard InChI is InChI=1S/C23H20Cl2N4O3/c1-12-7-13(2)27-23(26-12)29-28-18-11-20(14-5-6-19(30-3)21(8-14)31-4)32-22-16(18)9-15(24)10-17(22)25/h5-11H,1-4H3,(H,26,27,29). The summed E-state index contributed by atoms with van der Waals surface area (Å²) in [6.45, 7) is 3.79. The number of halogens is 2. The molecule has 0 saturated carbocycles. The number of aromatic nitrogens is 2. The van der Waals surface area contributed by atoms with E-state index < -0.39 is 0 Å². The summed E-state index contributed by atoms with van der Waals surface area (Å²) in [5.74, 6) is 2.10. The van der Waals surface area contributed by atoms with Crippen LogP contribution in [0.25, 0.3) is 22.3 Å². The van der Waals surface area contributed by atoms with Crippen molar-refractivity contribution >= 4 is 40.1 Å². The van der Waals surface area contributed by atoms with Crippen LogP contribution in [0.15, 0.2) is 52.0 Å². The number of fused-ring (bicyclic) bond motifs is 1. The van der Waals surface area contributed by atoms with Crippen LogP contribution in [0.2, 0.25) is 10.0 Å². The molecule has 0 bridgehead atoms. The summed E-state index contributed by atoms with van der Waals surface area (Å²) in [7, 11) is 3.16. The SMILES string of the molecule is COc1ccc(-c2cc(=NNc3nc(C)cc(C)n3)c3cc(Cl)cc(Cl)c3o2)cc1OC. The molecular weight excluding hydrogens is 451 g/mol. The van der Waals surface area contributed by atoms with Crippen molar-refractivity contribution in [2.45, 2.75) is 13.8 Å². The number of nitrogens with zero attached hydrogens (tertiary/aromatic N) is 3. The van der Waals surface area contributed by atoms with E-state index in [-0.39, 0.29) is 0 Å². The van der Waals surface area contributed by atoms with Gasteiger partial charge in [0.2, 0.25) is 5.95 Å². The maximum absolute atomic E-state index is 6.45. The van der Waals surface area contributed by atoms with Crippen molar-refractivity contribution in [3.8, 4) is 22.8 Å². The van der Waals surface area contributed by atoms with Crippen LogP contribution in [0.5, 0.6) is 11.5 Å². The van der Waals surface area contributed by atoms with Crippen LogP contribution in [-0.2, 0) is 0 Å². The highest BCUT2D eigenvalue weighted by Crippen LogP contribution is 2.34. The first-order chi connectivity index (χ1) is 15.4. The van der Waals surface area contributed by atoms with E-state index in [0.29, 0.717) is 49.6 Å².